The highest BCUT2D eigenvalue weighted by Gasteiger charge is 2.13. The lowest BCUT2D eigenvalue weighted by molar-refractivity contribution is 0.0792. The maximum atomic E-state index is 12.3. The minimum Gasteiger partial charge on any atom is -0.342 e. The van der Waals surface area contributed by atoms with Crippen LogP contribution in [0.1, 0.15) is 35.2 Å². The largest absolute Gasteiger partial charge is 0.342 e. The molecule has 0 aliphatic heterocycles. The summed E-state index contributed by atoms with van der Waals surface area (Å²) in [7, 11) is 1.87. The van der Waals surface area contributed by atoms with E-state index in [4.69, 9.17) is 0 Å². The molecule has 0 saturated heterocycles. The molecule has 2 nitrogen and oxygen atoms in total. The summed E-state index contributed by atoms with van der Waals surface area (Å²) in [5, 5.41) is 1.04. The van der Waals surface area contributed by atoms with E-state index < -0.39 is 0 Å². The summed E-state index contributed by atoms with van der Waals surface area (Å²) in [6.07, 6.45) is 3.37. The zero-order valence-electron chi connectivity index (χ0n) is 10.9. The van der Waals surface area contributed by atoms with Crippen LogP contribution in [0.2, 0.25) is 0 Å². The van der Waals surface area contributed by atoms with Gasteiger partial charge in [-0.2, -0.15) is 0 Å². The summed E-state index contributed by atoms with van der Waals surface area (Å²) < 4.78 is 0.948. The molecule has 0 atom stereocenters. The number of carbonyl (C=O) groups is 1. The number of benzene rings is 1. The molecule has 1 aromatic rings. The van der Waals surface area contributed by atoms with Crippen LogP contribution in [0, 0.1) is 6.92 Å². The molecular weight excluding hydrogens is 358 g/mol. The van der Waals surface area contributed by atoms with Crippen LogP contribution in [0.15, 0.2) is 22.7 Å². The number of alkyl halides is 1. The summed E-state index contributed by atoms with van der Waals surface area (Å²) in [5.74, 6) is 0.104. The van der Waals surface area contributed by atoms with E-state index in [-0.39, 0.29) is 5.91 Å². The van der Waals surface area contributed by atoms with E-state index in [2.05, 4.69) is 31.9 Å². The van der Waals surface area contributed by atoms with Crippen molar-refractivity contribution >= 4 is 37.8 Å². The van der Waals surface area contributed by atoms with Gasteiger partial charge in [0.1, 0.15) is 0 Å². The fourth-order valence-electron chi connectivity index (χ4n) is 1.75. The summed E-state index contributed by atoms with van der Waals surface area (Å²) in [6.45, 7) is 2.79. The Hall–Kier alpha value is -0.350. The molecular formula is C14H19Br2NO. The highest BCUT2D eigenvalue weighted by molar-refractivity contribution is 9.10. The number of amides is 1. The second-order valence-corrected chi connectivity index (χ2v) is 6.14. The Labute approximate surface area is 126 Å². The van der Waals surface area contributed by atoms with Crippen molar-refractivity contribution in [3.8, 4) is 0 Å². The number of aryl methyl sites for hydroxylation is 1. The maximum Gasteiger partial charge on any atom is 0.253 e. The first-order chi connectivity index (χ1) is 8.56. The van der Waals surface area contributed by atoms with Crippen LogP contribution >= 0.6 is 31.9 Å². The smallest absolute Gasteiger partial charge is 0.253 e. The average Bonchev–Trinajstić information content (AvgIpc) is 2.36. The molecule has 0 aliphatic carbocycles. The number of hydrogen-bond acceptors (Lipinski definition) is 1. The van der Waals surface area contributed by atoms with E-state index in [1.165, 1.54) is 0 Å². The summed E-state index contributed by atoms with van der Waals surface area (Å²) in [5.41, 5.74) is 1.81. The first kappa shape index (κ1) is 15.7. The van der Waals surface area contributed by atoms with Crippen LogP contribution in [0.4, 0.5) is 0 Å². The van der Waals surface area contributed by atoms with Crippen LogP contribution in [0.5, 0.6) is 0 Å². The predicted molar refractivity (Wildman–Crippen MR) is 83.5 cm³/mol. The molecule has 4 heteroatoms. The maximum absolute atomic E-state index is 12.3. The van der Waals surface area contributed by atoms with Gasteiger partial charge in [0, 0.05) is 29.0 Å². The molecule has 0 fully saturated rings. The molecule has 0 unspecified atom stereocenters. The molecule has 1 amide bonds. The highest BCUT2D eigenvalue weighted by atomic mass is 79.9. The number of halogens is 2. The topological polar surface area (TPSA) is 20.3 Å². The zero-order chi connectivity index (χ0) is 13.5. The van der Waals surface area contributed by atoms with Crippen molar-refractivity contribution < 1.29 is 4.79 Å². The van der Waals surface area contributed by atoms with Crippen molar-refractivity contribution in [2.75, 3.05) is 18.9 Å². The van der Waals surface area contributed by atoms with Gasteiger partial charge in [-0.3, -0.25) is 4.79 Å². The molecule has 0 spiro atoms. The lowest BCUT2D eigenvalue weighted by atomic mass is 10.1. The number of carbonyl (C=O) groups excluding carboxylic acids is 1. The van der Waals surface area contributed by atoms with Gasteiger partial charge in [-0.1, -0.05) is 44.3 Å². The highest BCUT2D eigenvalue weighted by Crippen LogP contribution is 2.17. The van der Waals surface area contributed by atoms with Crippen LogP contribution in [0.3, 0.4) is 0 Å². The van der Waals surface area contributed by atoms with Crippen molar-refractivity contribution in [3.63, 3.8) is 0 Å². The summed E-state index contributed by atoms with van der Waals surface area (Å²) in [6, 6.07) is 5.82. The Bertz CT molecular complexity index is 407. The van der Waals surface area contributed by atoms with Crippen LogP contribution < -0.4 is 0 Å². The predicted octanol–water partition coefficient (Wildman–Crippen LogP) is 4.39. The minimum atomic E-state index is 0.104. The van der Waals surface area contributed by atoms with Gasteiger partial charge in [0.05, 0.1) is 0 Å². The third kappa shape index (κ3) is 4.73. The molecule has 0 aliphatic rings. The van der Waals surface area contributed by atoms with Crippen LogP contribution in [0.25, 0.3) is 0 Å². The number of nitrogens with zero attached hydrogens (tertiary/aromatic N) is 1. The number of hydrogen-bond donors (Lipinski definition) is 0. The molecule has 18 heavy (non-hydrogen) atoms. The fourth-order valence-corrected chi connectivity index (χ4v) is 2.51. The molecule has 1 rings (SSSR count). The van der Waals surface area contributed by atoms with Crippen LogP contribution in [-0.2, 0) is 0 Å². The normalized spacial score (nSPS) is 10.4. The Morgan fingerprint density at radius 3 is 2.67 bits per heavy atom. The number of rotatable bonds is 6. The van der Waals surface area contributed by atoms with E-state index >= 15 is 0 Å². The molecule has 0 saturated carbocycles. The van der Waals surface area contributed by atoms with Gasteiger partial charge in [-0.25, -0.2) is 0 Å². The Kier molecular flexibility index (Phi) is 6.94. The molecule has 0 aromatic heterocycles. The standard InChI is InChI=1S/C14H19Br2NO/c1-11-6-7-12(16)10-13(11)14(18)17(2)9-5-3-4-8-15/h6-7,10H,3-5,8-9H2,1-2H3. The van der Waals surface area contributed by atoms with Crippen molar-refractivity contribution in [2.45, 2.75) is 26.2 Å². The van der Waals surface area contributed by atoms with E-state index in [9.17, 15) is 4.79 Å². The minimum absolute atomic E-state index is 0.104. The molecule has 1 aromatic carbocycles. The first-order valence-corrected chi connectivity index (χ1v) is 8.05. The van der Waals surface area contributed by atoms with Gasteiger partial charge in [-0.05, 0) is 37.5 Å². The van der Waals surface area contributed by atoms with Gasteiger partial charge in [0.15, 0.2) is 0 Å². The molecule has 0 radical (unpaired) electrons. The molecule has 0 heterocycles. The van der Waals surface area contributed by atoms with Crippen molar-refractivity contribution in [3.05, 3.63) is 33.8 Å². The van der Waals surface area contributed by atoms with Gasteiger partial charge in [0.25, 0.3) is 5.91 Å². The van der Waals surface area contributed by atoms with Gasteiger partial charge >= 0.3 is 0 Å². The third-order valence-corrected chi connectivity index (χ3v) is 3.96. The van der Waals surface area contributed by atoms with Gasteiger partial charge in [0.2, 0.25) is 0 Å². The lowest BCUT2D eigenvalue weighted by Gasteiger charge is -2.18. The third-order valence-electron chi connectivity index (χ3n) is 2.90. The second-order valence-electron chi connectivity index (χ2n) is 4.44. The Balaban J connectivity index is 2.60. The molecule has 0 N–H and O–H groups in total. The SMILES string of the molecule is Cc1ccc(Br)cc1C(=O)N(C)CCCCCBr. The quantitative estimate of drug-likeness (QED) is 0.532. The van der Waals surface area contributed by atoms with Crippen molar-refractivity contribution in [2.24, 2.45) is 0 Å². The average molecular weight is 377 g/mol. The first-order valence-electron chi connectivity index (χ1n) is 6.14. The monoisotopic (exact) mass is 375 g/mol. The van der Waals surface area contributed by atoms with Crippen LogP contribution in [-0.4, -0.2) is 29.7 Å². The van der Waals surface area contributed by atoms with Gasteiger partial charge in [-0.15, -0.1) is 0 Å². The summed E-state index contributed by atoms with van der Waals surface area (Å²) in [4.78, 5) is 14.1. The molecule has 0 bridgehead atoms. The van der Waals surface area contributed by atoms with E-state index in [1.807, 2.05) is 37.1 Å². The number of unbranched alkanes of at least 4 members (excludes halogenated alkanes) is 2. The van der Waals surface area contributed by atoms with Crippen molar-refractivity contribution in [1.82, 2.24) is 4.90 Å². The summed E-state index contributed by atoms with van der Waals surface area (Å²) >= 11 is 6.82. The Morgan fingerprint density at radius 2 is 2.00 bits per heavy atom. The van der Waals surface area contributed by atoms with E-state index in [0.717, 1.165) is 46.7 Å². The van der Waals surface area contributed by atoms with E-state index in [1.54, 1.807) is 0 Å². The van der Waals surface area contributed by atoms with Crippen molar-refractivity contribution in [1.29, 1.82) is 0 Å². The van der Waals surface area contributed by atoms with Gasteiger partial charge < -0.3 is 4.90 Å². The lowest BCUT2D eigenvalue weighted by Crippen LogP contribution is -2.28. The Morgan fingerprint density at radius 1 is 1.28 bits per heavy atom. The van der Waals surface area contributed by atoms with E-state index in [0.29, 0.717) is 0 Å². The zero-order valence-corrected chi connectivity index (χ0v) is 14.1. The fraction of sp³-hybridized carbons (Fsp3) is 0.500. The molecule has 100 valence electrons. The second kappa shape index (κ2) is 7.95.